The van der Waals surface area contributed by atoms with Crippen molar-refractivity contribution in [1.29, 1.82) is 0 Å². The molecule has 0 radical (unpaired) electrons. The first kappa shape index (κ1) is 16.8. The van der Waals surface area contributed by atoms with Crippen LogP contribution in [0.25, 0.3) is 11.0 Å². The third-order valence-electron chi connectivity index (χ3n) is 5.02. The van der Waals surface area contributed by atoms with Crippen molar-refractivity contribution < 1.29 is 13.9 Å². The van der Waals surface area contributed by atoms with Crippen LogP contribution in [0.3, 0.4) is 0 Å². The van der Waals surface area contributed by atoms with Gasteiger partial charge in [0.25, 0.3) is 0 Å². The van der Waals surface area contributed by atoms with Crippen LogP contribution >= 0.6 is 0 Å². The number of fused-ring (bicyclic) bond motifs is 1. The normalized spacial score (nSPS) is 21.0. The van der Waals surface area contributed by atoms with Crippen LogP contribution in [0.15, 0.2) is 48.7 Å². The van der Waals surface area contributed by atoms with Crippen LogP contribution in [-0.4, -0.2) is 28.2 Å². The lowest BCUT2D eigenvalue weighted by Crippen LogP contribution is -2.29. The molecule has 0 spiro atoms. The summed E-state index contributed by atoms with van der Waals surface area (Å²) in [6.45, 7) is 1.33. The van der Waals surface area contributed by atoms with E-state index in [4.69, 9.17) is 0 Å². The Morgan fingerprint density at radius 2 is 1.69 bits per heavy atom. The van der Waals surface area contributed by atoms with Crippen LogP contribution in [0.1, 0.15) is 24.8 Å². The van der Waals surface area contributed by atoms with E-state index in [9.17, 15) is 13.9 Å². The summed E-state index contributed by atoms with van der Waals surface area (Å²) in [6.07, 6.45) is 3.60. The van der Waals surface area contributed by atoms with Crippen LogP contribution < -0.4 is 4.90 Å². The van der Waals surface area contributed by atoms with E-state index >= 15 is 0 Å². The van der Waals surface area contributed by atoms with Crippen molar-refractivity contribution in [2.24, 2.45) is 0 Å². The molecule has 0 saturated carbocycles. The van der Waals surface area contributed by atoms with Crippen molar-refractivity contribution in [1.82, 2.24) is 9.97 Å². The molecular formula is C20H19F2N3O. The Hall–Kier alpha value is -2.60. The molecular weight excluding hydrogens is 336 g/mol. The number of halogens is 2. The van der Waals surface area contributed by atoms with E-state index in [0.717, 1.165) is 30.7 Å². The fraction of sp³-hybridized carbons (Fsp3) is 0.300. The van der Waals surface area contributed by atoms with Crippen LogP contribution in [0.5, 0.6) is 0 Å². The summed E-state index contributed by atoms with van der Waals surface area (Å²) in [5.41, 5.74) is 0.700. The van der Waals surface area contributed by atoms with E-state index in [0.29, 0.717) is 36.2 Å². The third kappa shape index (κ3) is 3.12. The maximum atomic E-state index is 13.5. The van der Waals surface area contributed by atoms with E-state index in [1.807, 2.05) is 35.2 Å². The topological polar surface area (TPSA) is 49.2 Å². The molecule has 26 heavy (non-hydrogen) atoms. The molecule has 1 N–H and O–H groups in total. The highest BCUT2D eigenvalue weighted by molar-refractivity contribution is 5.75. The van der Waals surface area contributed by atoms with Gasteiger partial charge in [-0.15, -0.1) is 0 Å². The monoisotopic (exact) mass is 355 g/mol. The first-order valence-electron chi connectivity index (χ1n) is 8.70. The number of benzene rings is 2. The number of nitrogens with zero attached hydrogens (tertiary/aromatic N) is 3. The van der Waals surface area contributed by atoms with Crippen LogP contribution in [0.4, 0.5) is 14.6 Å². The number of anilines is 1. The van der Waals surface area contributed by atoms with Crippen molar-refractivity contribution in [2.45, 2.75) is 24.9 Å². The minimum Gasteiger partial charge on any atom is -0.385 e. The molecule has 4 rings (SSSR count). The Morgan fingerprint density at radius 3 is 2.46 bits per heavy atom. The van der Waals surface area contributed by atoms with Crippen LogP contribution in [0.2, 0.25) is 0 Å². The Bertz CT molecular complexity index is 935. The minimum absolute atomic E-state index is 0.322. The lowest BCUT2D eigenvalue weighted by molar-refractivity contribution is 0.0244. The van der Waals surface area contributed by atoms with Crippen molar-refractivity contribution in [3.8, 4) is 0 Å². The van der Waals surface area contributed by atoms with Gasteiger partial charge in [0.1, 0.15) is 5.82 Å². The maximum absolute atomic E-state index is 13.5. The molecule has 1 saturated heterocycles. The maximum Gasteiger partial charge on any atom is 0.161 e. The van der Waals surface area contributed by atoms with Crippen molar-refractivity contribution in [2.75, 3.05) is 18.0 Å². The van der Waals surface area contributed by atoms with Gasteiger partial charge in [0.2, 0.25) is 0 Å². The zero-order chi connectivity index (χ0) is 18.1. The van der Waals surface area contributed by atoms with Gasteiger partial charge in [-0.2, -0.15) is 0 Å². The van der Waals surface area contributed by atoms with Gasteiger partial charge in [0.05, 0.1) is 22.8 Å². The molecule has 2 aromatic carbocycles. The van der Waals surface area contributed by atoms with Gasteiger partial charge < -0.3 is 10.0 Å². The van der Waals surface area contributed by atoms with E-state index in [2.05, 4.69) is 9.97 Å². The summed E-state index contributed by atoms with van der Waals surface area (Å²) in [5.74, 6) is -1.25. The predicted octanol–water partition coefficient (Wildman–Crippen LogP) is 3.79. The molecule has 6 heteroatoms. The van der Waals surface area contributed by atoms with E-state index in [-0.39, 0.29) is 0 Å². The Morgan fingerprint density at radius 1 is 0.962 bits per heavy atom. The Balaban J connectivity index is 1.59. The lowest BCUT2D eigenvalue weighted by atomic mass is 9.87. The number of aliphatic hydroxyl groups is 1. The summed E-state index contributed by atoms with van der Waals surface area (Å²) in [6, 6.07) is 11.8. The molecule has 0 unspecified atom stereocenters. The molecule has 1 aromatic heterocycles. The molecule has 134 valence electrons. The van der Waals surface area contributed by atoms with Gasteiger partial charge >= 0.3 is 0 Å². The molecule has 1 aliphatic rings. The van der Waals surface area contributed by atoms with Crippen LogP contribution in [-0.2, 0) is 5.60 Å². The summed E-state index contributed by atoms with van der Waals surface area (Å²) in [7, 11) is 0. The number of aromatic nitrogens is 2. The molecule has 1 aliphatic heterocycles. The second-order valence-electron chi connectivity index (χ2n) is 6.72. The largest absolute Gasteiger partial charge is 0.385 e. The quantitative estimate of drug-likeness (QED) is 0.760. The van der Waals surface area contributed by atoms with Gasteiger partial charge in [-0.3, -0.25) is 4.98 Å². The van der Waals surface area contributed by atoms with E-state index in [1.54, 1.807) is 6.20 Å². The second-order valence-corrected chi connectivity index (χ2v) is 6.72. The number of rotatable bonds is 2. The molecule has 0 bridgehead atoms. The van der Waals surface area contributed by atoms with Crippen molar-refractivity contribution in [3.63, 3.8) is 0 Å². The fourth-order valence-electron chi connectivity index (χ4n) is 3.54. The molecule has 1 atom stereocenters. The average Bonchev–Trinajstić information content (AvgIpc) is 2.86. The highest BCUT2D eigenvalue weighted by Gasteiger charge is 2.32. The molecule has 2 heterocycles. The van der Waals surface area contributed by atoms with Gasteiger partial charge in [-0.25, -0.2) is 13.8 Å². The summed E-state index contributed by atoms with van der Waals surface area (Å²) in [5, 5.41) is 11.1. The number of hydrogen-bond donors (Lipinski definition) is 1. The minimum atomic E-state index is -0.932. The molecule has 1 fully saturated rings. The van der Waals surface area contributed by atoms with Gasteiger partial charge in [0.15, 0.2) is 11.6 Å². The van der Waals surface area contributed by atoms with E-state index in [1.165, 1.54) is 0 Å². The first-order valence-corrected chi connectivity index (χ1v) is 8.70. The summed E-state index contributed by atoms with van der Waals surface area (Å²) in [4.78, 5) is 10.7. The summed E-state index contributed by atoms with van der Waals surface area (Å²) >= 11 is 0. The van der Waals surface area contributed by atoms with Gasteiger partial charge in [-0.05, 0) is 24.8 Å². The third-order valence-corrected chi connectivity index (χ3v) is 5.02. The predicted molar refractivity (Wildman–Crippen MR) is 95.9 cm³/mol. The Kier molecular flexibility index (Phi) is 4.28. The fourth-order valence-corrected chi connectivity index (χ4v) is 3.54. The molecule has 4 nitrogen and oxygen atoms in total. The van der Waals surface area contributed by atoms with Gasteiger partial charge in [0, 0.05) is 25.2 Å². The Labute approximate surface area is 150 Å². The average molecular weight is 355 g/mol. The van der Waals surface area contributed by atoms with Crippen molar-refractivity contribution >= 4 is 16.9 Å². The second kappa shape index (κ2) is 6.61. The van der Waals surface area contributed by atoms with Gasteiger partial charge in [-0.1, -0.05) is 30.3 Å². The zero-order valence-electron chi connectivity index (χ0n) is 14.2. The molecule has 0 amide bonds. The van der Waals surface area contributed by atoms with Crippen LogP contribution in [0, 0.1) is 11.6 Å². The molecule has 0 aliphatic carbocycles. The van der Waals surface area contributed by atoms with E-state index < -0.39 is 17.2 Å². The lowest BCUT2D eigenvalue weighted by Gasteiger charge is -2.27. The smallest absolute Gasteiger partial charge is 0.161 e. The highest BCUT2D eigenvalue weighted by atomic mass is 19.2. The van der Waals surface area contributed by atoms with Crippen molar-refractivity contribution in [3.05, 3.63) is 65.9 Å². The summed E-state index contributed by atoms with van der Waals surface area (Å²) < 4.78 is 26.8. The standard InChI is InChI=1S/C20H19F2N3O/c21-15-11-17-18(12-16(15)22)24-19(13-23-17)25-9-4-7-20(26,8-10-25)14-5-2-1-3-6-14/h1-3,5-6,11-13,26H,4,7-10H2/t20-/m0/s1. The highest BCUT2D eigenvalue weighted by Crippen LogP contribution is 2.33. The SMILES string of the molecule is O[C@@]1(c2ccccc2)CCCN(c2cnc3cc(F)c(F)cc3n2)CC1. The zero-order valence-corrected chi connectivity index (χ0v) is 14.2. The number of hydrogen-bond acceptors (Lipinski definition) is 4. The molecule has 3 aromatic rings. The first-order chi connectivity index (χ1) is 12.5.